The molecular weight excluding hydrogens is 260 g/mol. The molecule has 1 aliphatic rings. The van der Waals surface area contributed by atoms with Crippen molar-refractivity contribution in [1.82, 2.24) is 5.32 Å². The van der Waals surface area contributed by atoms with Gasteiger partial charge in [-0.2, -0.15) is 0 Å². The maximum Gasteiger partial charge on any atom is 0.227 e. The number of aryl methyl sites for hydroxylation is 1. The van der Waals surface area contributed by atoms with Crippen molar-refractivity contribution in [3.8, 4) is 0 Å². The van der Waals surface area contributed by atoms with Crippen LogP contribution in [0, 0.1) is 5.41 Å². The van der Waals surface area contributed by atoms with Crippen LogP contribution in [-0.2, 0) is 11.2 Å². The molecule has 1 aliphatic carbocycles. The van der Waals surface area contributed by atoms with Gasteiger partial charge < -0.3 is 11.1 Å². The topological polar surface area (TPSA) is 55.1 Å². The van der Waals surface area contributed by atoms with Gasteiger partial charge in [0.05, 0.1) is 5.41 Å². The van der Waals surface area contributed by atoms with E-state index in [1.165, 1.54) is 12.0 Å². The first-order chi connectivity index (χ1) is 10.2. The number of hydrogen-bond acceptors (Lipinski definition) is 2. The highest BCUT2D eigenvalue weighted by molar-refractivity contribution is 5.83. The minimum absolute atomic E-state index is 0.172. The van der Waals surface area contributed by atoms with Crippen molar-refractivity contribution in [2.45, 2.75) is 57.9 Å². The van der Waals surface area contributed by atoms with Crippen molar-refractivity contribution in [2.24, 2.45) is 11.1 Å². The van der Waals surface area contributed by atoms with E-state index in [1.807, 2.05) is 6.07 Å². The van der Waals surface area contributed by atoms with E-state index in [0.717, 1.165) is 38.5 Å². The van der Waals surface area contributed by atoms with Gasteiger partial charge in [0.1, 0.15) is 0 Å². The van der Waals surface area contributed by atoms with Crippen LogP contribution in [0.2, 0.25) is 0 Å². The molecular formula is C18H28N2O. The van der Waals surface area contributed by atoms with E-state index in [4.69, 9.17) is 5.73 Å². The lowest BCUT2D eigenvalue weighted by Crippen LogP contribution is -2.49. The predicted molar refractivity (Wildman–Crippen MR) is 86.9 cm³/mol. The average Bonchev–Trinajstić information content (AvgIpc) is 2.54. The number of nitrogens with two attached hydrogens (primary N) is 1. The maximum absolute atomic E-state index is 12.6. The van der Waals surface area contributed by atoms with E-state index in [0.29, 0.717) is 6.54 Å². The standard InChI is InChI=1S/C18H28N2O/c1-15(10-11-16-8-4-2-5-9-16)20-17(21)18(14-19)12-6-3-7-13-18/h2,4-5,8-9,15H,3,6-7,10-14,19H2,1H3,(H,20,21). The summed E-state index contributed by atoms with van der Waals surface area (Å²) in [5.74, 6) is 0.172. The summed E-state index contributed by atoms with van der Waals surface area (Å²) < 4.78 is 0. The molecule has 0 saturated heterocycles. The van der Waals surface area contributed by atoms with E-state index in [1.54, 1.807) is 0 Å². The van der Waals surface area contributed by atoms with Gasteiger partial charge in [0.2, 0.25) is 5.91 Å². The highest BCUT2D eigenvalue weighted by Gasteiger charge is 2.38. The van der Waals surface area contributed by atoms with Crippen molar-refractivity contribution in [3.63, 3.8) is 0 Å². The summed E-state index contributed by atoms with van der Waals surface area (Å²) in [6.07, 6.45) is 7.35. The summed E-state index contributed by atoms with van der Waals surface area (Å²) in [5.41, 5.74) is 6.94. The van der Waals surface area contributed by atoms with Crippen molar-refractivity contribution in [1.29, 1.82) is 0 Å². The fourth-order valence-electron chi connectivity index (χ4n) is 3.23. The molecule has 0 bridgehead atoms. The van der Waals surface area contributed by atoms with Crippen LogP contribution in [0.5, 0.6) is 0 Å². The summed E-state index contributed by atoms with van der Waals surface area (Å²) in [6.45, 7) is 2.57. The Bertz CT molecular complexity index is 438. The van der Waals surface area contributed by atoms with Gasteiger partial charge in [-0.1, -0.05) is 49.6 Å². The predicted octanol–water partition coefficient (Wildman–Crippen LogP) is 3.03. The third kappa shape index (κ3) is 4.31. The van der Waals surface area contributed by atoms with Gasteiger partial charge in [0.15, 0.2) is 0 Å². The van der Waals surface area contributed by atoms with Crippen molar-refractivity contribution in [3.05, 3.63) is 35.9 Å². The van der Waals surface area contributed by atoms with Crippen LogP contribution < -0.4 is 11.1 Å². The lowest BCUT2D eigenvalue weighted by molar-refractivity contribution is -0.133. The molecule has 1 atom stereocenters. The van der Waals surface area contributed by atoms with E-state index >= 15 is 0 Å². The Morgan fingerprint density at radius 2 is 1.90 bits per heavy atom. The monoisotopic (exact) mass is 288 g/mol. The van der Waals surface area contributed by atoms with Gasteiger partial charge in [-0.25, -0.2) is 0 Å². The zero-order chi connectivity index (χ0) is 15.1. The average molecular weight is 288 g/mol. The van der Waals surface area contributed by atoms with Crippen LogP contribution in [0.1, 0.15) is 51.0 Å². The van der Waals surface area contributed by atoms with Crippen LogP contribution in [-0.4, -0.2) is 18.5 Å². The molecule has 1 aromatic rings. The molecule has 0 radical (unpaired) electrons. The summed E-state index contributed by atoms with van der Waals surface area (Å²) in [6, 6.07) is 10.6. The second kappa shape index (κ2) is 7.60. The van der Waals surface area contributed by atoms with Crippen molar-refractivity contribution in [2.75, 3.05) is 6.54 Å². The fourth-order valence-corrected chi connectivity index (χ4v) is 3.23. The maximum atomic E-state index is 12.6. The van der Waals surface area contributed by atoms with Gasteiger partial charge in [-0.05, 0) is 38.2 Å². The van der Waals surface area contributed by atoms with Crippen molar-refractivity contribution >= 4 is 5.91 Å². The van der Waals surface area contributed by atoms with Crippen LogP contribution in [0.3, 0.4) is 0 Å². The Morgan fingerprint density at radius 1 is 1.24 bits per heavy atom. The highest BCUT2D eigenvalue weighted by atomic mass is 16.2. The summed E-state index contributed by atoms with van der Waals surface area (Å²) in [7, 11) is 0. The number of benzene rings is 1. The summed E-state index contributed by atoms with van der Waals surface area (Å²) >= 11 is 0. The number of carbonyl (C=O) groups is 1. The molecule has 3 N–H and O–H groups in total. The van der Waals surface area contributed by atoms with Gasteiger partial charge in [0, 0.05) is 12.6 Å². The zero-order valence-corrected chi connectivity index (χ0v) is 13.1. The number of carbonyl (C=O) groups excluding carboxylic acids is 1. The van der Waals surface area contributed by atoms with Crippen LogP contribution >= 0.6 is 0 Å². The number of hydrogen-bond donors (Lipinski definition) is 2. The quantitative estimate of drug-likeness (QED) is 0.845. The molecule has 0 aromatic heterocycles. The number of rotatable bonds is 6. The molecule has 3 nitrogen and oxygen atoms in total. The van der Waals surface area contributed by atoms with Crippen LogP contribution in [0.4, 0.5) is 0 Å². The SMILES string of the molecule is CC(CCc1ccccc1)NC(=O)C1(CN)CCCCC1. The lowest BCUT2D eigenvalue weighted by Gasteiger charge is -2.35. The third-order valence-electron chi connectivity index (χ3n) is 4.77. The molecule has 3 heteroatoms. The Labute approximate surface area is 128 Å². The Balaban J connectivity index is 1.83. The molecule has 1 unspecified atom stereocenters. The molecule has 0 spiro atoms. The number of nitrogens with one attached hydrogen (secondary N) is 1. The van der Waals surface area contributed by atoms with Crippen LogP contribution in [0.15, 0.2) is 30.3 Å². The molecule has 1 amide bonds. The largest absolute Gasteiger partial charge is 0.353 e. The number of amides is 1. The Kier molecular flexibility index (Phi) is 5.80. The molecule has 2 rings (SSSR count). The molecule has 21 heavy (non-hydrogen) atoms. The summed E-state index contributed by atoms with van der Waals surface area (Å²) in [5, 5.41) is 3.19. The van der Waals surface area contributed by atoms with Gasteiger partial charge in [-0.3, -0.25) is 4.79 Å². The zero-order valence-electron chi connectivity index (χ0n) is 13.1. The minimum atomic E-state index is -0.306. The highest BCUT2D eigenvalue weighted by Crippen LogP contribution is 2.35. The fraction of sp³-hybridized carbons (Fsp3) is 0.611. The van der Waals surface area contributed by atoms with Gasteiger partial charge in [0.25, 0.3) is 0 Å². The van der Waals surface area contributed by atoms with Gasteiger partial charge >= 0.3 is 0 Å². The Hall–Kier alpha value is -1.35. The lowest BCUT2D eigenvalue weighted by atomic mass is 9.73. The Morgan fingerprint density at radius 3 is 2.52 bits per heavy atom. The minimum Gasteiger partial charge on any atom is -0.353 e. The summed E-state index contributed by atoms with van der Waals surface area (Å²) in [4.78, 5) is 12.6. The van der Waals surface area contributed by atoms with Gasteiger partial charge in [-0.15, -0.1) is 0 Å². The molecule has 1 aromatic carbocycles. The smallest absolute Gasteiger partial charge is 0.227 e. The molecule has 116 valence electrons. The van der Waals surface area contributed by atoms with E-state index in [9.17, 15) is 4.79 Å². The van der Waals surface area contributed by atoms with Crippen LogP contribution in [0.25, 0.3) is 0 Å². The normalized spacial score (nSPS) is 19.0. The molecule has 1 fully saturated rings. The first kappa shape index (κ1) is 16.0. The van der Waals surface area contributed by atoms with E-state index in [2.05, 4.69) is 36.5 Å². The molecule has 0 aliphatic heterocycles. The second-order valence-electron chi connectivity index (χ2n) is 6.44. The van der Waals surface area contributed by atoms with E-state index in [-0.39, 0.29) is 17.4 Å². The molecule has 1 saturated carbocycles. The molecule has 0 heterocycles. The second-order valence-corrected chi connectivity index (χ2v) is 6.44. The first-order valence-corrected chi connectivity index (χ1v) is 8.21. The van der Waals surface area contributed by atoms with Crippen molar-refractivity contribution < 1.29 is 4.79 Å². The first-order valence-electron chi connectivity index (χ1n) is 8.21. The third-order valence-corrected chi connectivity index (χ3v) is 4.77. The van der Waals surface area contributed by atoms with E-state index < -0.39 is 0 Å².